The van der Waals surface area contributed by atoms with Gasteiger partial charge in [0.05, 0.1) is 12.7 Å². The van der Waals surface area contributed by atoms with Crippen molar-refractivity contribution in [2.24, 2.45) is 5.73 Å². The van der Waals surface area contributed by atoms with E-state index in [1.165, 1.54) is 18.9 Å². The molecule has 0 aromatic carbocycles. The molecule has 0 aliphatic carbocycles. The molecule has 146 valence electrons. The van der Waals surface area contributed by atoms with Crippen molar-refractivity contribution in [1.82, 2.24) is 9.88 Å². The van der Waals surface area contributed by atoms with E-state index in [1.807, 2.05) is 0 Å². The number of nitrogens with two attached hydrogens (primary N) is 1. The number of carbonyl (C=O) groups excluding carboxylic acids is 1. The van der Waals surface area contributed by atoms with Gasteiger partial charge in [0.25, 0.3) is 0 Å². The van der Waals surface area contributed by atoms with Crippen LogP contribution in [0.3, 0.4) is 0 Å². The second-order valence-electron chi connectivity index (χ2n) is 7.19. The van der Waals surface area contributed by atoms with Crippen molar-refractivity contribution < 1.29 is 9.18 Å². The number of rotatable bonds is 12. The molecular weight excluding hydrogens is 331 g/mol. The third-order valence-corrected chi connectivity index (χ3v) is 5.00. The van der Waals surface area contributed by atoms with Crippen molar-refractivity contribution in [1.29, 1.82) is 0 Å². The van der Waals surface area contributed by atoms with E-state index in [2.05, 4.69) is 22.3 Å². The lowest BCUT2D eigenvalue weighted by Gasteiger charge is -2.23. The Hall–Kier alpha value is -1.53. The molecule has 0 unspecified atom stereocenters. The first-order valence-corrected chi connectivity index (χ1v) is 9.87. The number of anilines is 1. The summed E-state index contributed by atoms with van der Waals surface area (Å²) in [6, 6.07) is 3.93. The second kappa shape index (κ2) is 11.2. The van der Waals surface area contributed by atoms with Gasteiger partial charge in [-0.05, 0) is 70.0 Å². The number of nitrogens with zero attached hydrogens (tertiary/aromatic N) is 2. The Labute approximate surface area is 156 Å². The number of nitrogens with one attached hydrogen (secondary N) is 1. The number of pyridine rings is 1. The lowest BCUT2D eigenvalue weighted by molar-refractivity contribution is -0.118. The molecule has 0 saturated heterocycles. The molecule has 0 bridgehead atoms. The Kier molecular flexibility index (Phi) is 8.98. The smallest absolute Gasteiger partial charge is 0.146 e. The number of unbranched alkanes of at least 4 members (excludes halogenated alkanes) is 1. The van der Waals surface area contributed by atoms with Crippen LogP contribution >= 0.6 is 0 Å². The van der Waals surface area contributed by atoms with Crippen molar-refractivity contribution >= 4 is 11.6 Å². The molecule has 0 saturated carbocycles. The van der Waals surface area contributed by atoms with Gasteiger partial charge in [-0.25, -0.2) is 4.98 Å². The summed E-state index contributed by atoms with van der Waals surface area (Å²) in [7, 11) is 0. The second-order valence-corrected chi connectivity index (χ2v) is 7.19. The monoisotopic (exact) mass is 364 g/mol. The van der Waals surface area contributed by atoms with E-state index >= 15 is 0 Å². The van der Waals surface area contributed by atoms with E-state index in [0.717, 1.165) is 63.4 Å². The zero-order valence-corrected chi connectivity index (χ0v) is 16.0. The number of halogens is 1. The number of hydrogen-bond acceptors (Lipinski definition) is 5. The number of ketones is 1. The number of aromatic nitrogens is 1. The van der Waals surface area contributed by atoms with Gasteiger partial charge in [0.2, 0.25) is 0 Å². The fourth-order valence-electron chi connectivity index (χ4n) is 3.29. The highest BCUT2D eigenvalue weighted by Crippen LogP contribution is 2.20. The van der Waals surface area contributed by atoms with Crippen molar-refractivity contribution in [2.45, 2.75) is 57.9 Å². The highest BCUT2D eigenvalue weighted by molar-refractivity contribution is 5.81. The molecule has 6 heteroatoms. The van der Waals surface area contributed by atoms with E-state index in [1.54, 1.807) is 0 Å². The molecule has 0 radical (unpaired) electrons. The van der Waals surface area contributed by atoms with Crippen LogP contribution in [0.2, 0.25) is 0 Å². The first-order chi connectivity index (χ1) is 12.6. The average Bonchev–Trinajstić information content (AvgIpc) is 2.66. The standard InChI is InChI=1S/C20H33FN4O/c1-16(26)19(22)10-15-25(14-5-11-21)13-3-2-7-18-9-8-17-6-4-12-23-20(17)24-18/h8-9,19H,2-7,10-15,22H2,1H3,(H,23,24)/t19-/m0/s1. The highest BCUT2D eigenvalue weighted by Gasteiger charge is 2.12. The Balaban J connectivity index is 1.73. The van der Waals surface area contributed by atoms with Crippen LogP contribution in [-0.2, 0) is 17.6 Å². The number of Topliss-reactive ketones (excluding diaryl/α,β-unsaturated/α-hetero) is 1. The summed E-state index contributed by atoms with van der Waals surface area (Å²) in [5, 5.41) is 3.38. The van der Waals surface area contributed by atoms with Crippen LogP contribution in [0.25, 0.3) is 0 Å². The van der Waals surface area contributed by atoms with Gasteiger partial charge in [-0.2, -0.15) is 0 Å². The van der Waals surface area contributed by atoms with Crippen molar-refractivity contribution in [3.05, 3.63) is 23.4 Å². The highest BCUT2D eigenvalue weighted by atomic mass is 19.1. The summed E-state index contributed by atoms with van der Waals surface area (Å²) in [6.07, 6.45) is 6.51. The van der Waals surface area contributed by atoms with Crippen LogP contribution in [0.5, 0.6) is 0 Å². The molecule has 1 aliphatic heterocycles. The van der Waals surface area contributed by atoms with E-state index in [9.17, 15) is 9.18 Å². The van der Waals surface area contributed by atoms with Crippen LogP contribution < -0.4 is 11.1 Å². The maximum atomic E-state index is 12.5. The largest absolute Gasteiger partial charge is 0.370 e. The Morgan fingerprint density at radius 1 is 1.31 bits per heavy atom. The van der Waals surface area contributed by atoms with Crippen LogP contribution in [0.4, 0.5) is 10.2 Å². The van der Waals surface area contributed by atoms with E-state index < -0.39 is 6.04 Å². The molecule has 3 N–H and O–H groups in total. The van der Waals surface area contributed by atoms with Gasteiger partial charge in [0.15, 0.2) is 0 Å². The van der Waals surface area contributed by atoms with Gasteiger partial charge in [0, 0.05) is 25.3 Å². The average molecular weight is 365 g/mol. The predicted octanol–water partition coefficient (Wildman–Crippen LogP) is 2.73. The fraction of sp³-hybridized carbons (Fsp3) is 0.700. The zero-order chi connectivity index (χ0) is 18.8. The molecule has 2 rings (SSSR count). The first kappa shape index (κ1) is 20.8. The molecule has 1 aromatic rings. The molecule has 2 heterocycles. The summed E-state index contributed by atoms with van der Waals surface area (Å²) < 4.78 is 12.5. The summed E-state index contributed by atoms with van der Waals surface area (Å²) >= 11 is 0. The van der Waals surface area contributed by atoms with Crippen LogP contribution in [0.1, 0.15) is 50.3 Å². The van der Waals surface area contributed by atoms with E-state index in [0.29, 0.717) is 12.8 Å². The lowest BCUT2D eigenvalue weighted by Crippen LogP contribution is -2.35. The van der Waals surface area contributed by atoms with Crippen molar-refractivity contribution in [3.8, 4) is 0 Å². The maximum Gasteiger partial charge on any atom is 0.146 e. The predicted molar refractivity (Wildman–Crippen MR) is 104 cm³/mol. The molecule has 26 heavy (non-hydrogen) atoms. The first-order valence-electron chi connectivity index (χ1n) is 9.87. The molecule has 1 aliphatic rings. The summed E-state index contributed by atoms with van der Waals surface area (Å²) in [4.78, 5) is 18.2. The summed E-state index contributed by atoms with van der Waals surface area (Å²) in [5.41, 5.74) is 8.27. The molecule has 1 aromatic heterocycles. The van der Waals surface area contributed by atoms with E-state index in [-0.39, 0.29) is 12.5 Å². The third kappa shape index (κ3) is 7.00. The van der Waals surface area contributed by atoms with Crippen molar-refractivity contribution in [3.63, 3.8) is 0 Å². The van der Waals surface area contributed by atoms with E-state index in [4.69, 9.17) is 10.7 Å². The van der Waals surface area contributed by atoms with Crippen LogP contribution in [-0.4, -0.2) is 54.6 Å². The molecule has 5 nitrogen and oxygen atoms in total. The number of alkyl halides is 1. The van der Waals surface area contributed by atoms with Gasteiger partial charge in [0.1, 0.15) is 11.6 Å². The maximum absolute atomic E-state index is 12.5. The minimum Gasteiger partial charge on any atom is -0.370 e. The van der Waals surface area contributed by atoms with Gasteiger partial charge in [-0.15, -0.1) is 0 Å². The zero-order valence-electron chi connectivity index (χ0n) is 16.0. The molecule has 1 atom stereocenters. The normalized spacial score (nSPS) is 14.8. The lowest BCUT2D eigenvalue weighted by atomic mass is 10.1. The van der Waals surface area contributed by atoms with Crippen molar-refractivity contribution in [2.75, 3.05) is 38.2 Å². The molecule has 0 fully saturated rings. The van der Waals surface area contributed by atoms with Gasteiger partial charge in [-0.3, -0.25) is 9.18 Å². The topological polar surface area (TPSA) is 71.2 Å². The van der Waals surface area contributed by atoms with Gasteiger partial charge in [-0.1, -0.05) is 6.07 Å². The number of aryl methyl sites for hydroxylation is 2. The molecule has 0 spiro atoms. The van der Waals surface area contributed by atoms with Gasteiger partial charge >= 0.3 is 0 Å². The SMILES string of the molecule is CC(=O)[C@@H](N)CCN(CCCF)CCCCc1ccc2c(n1)NCCC2. The van der Waals surface area contributed by atoms with Gasteiger partial charge < -0.3 is 16.0 Å². The summed E-state index contributed by atoms with van der Waals surface area (Å²) in [5.74, 6) is 1.07. The molecular formula is C20H33FN4O. The van der Waals surface area contributed by atoms with Crippen LogP contribution in [0, 0.1) is 0 Å². The molecule has 0 amide bonds. The third-order valence-electron chi connectivity index (χ3n) is 5.00. The summed E-state index contributed by atoms with van der Waals surface area (Å²) in [6.45, 7) is 4.62. The fourth-order valence-corrected chi connectivity index (χ4v) is 3.29. The van der Waals surface area contributed by atoms with Crippen LogP contribution in [0.15, 0.2) is 12.1 Å². The minimum atomic E-state index is -0.407. The number of carbonyl (C=O) groups is 1. The Bertz CT molecular complexity index is 567. The number of hydrogen-bond donors (Lipinski definition) is 2. The minimum absolute atomic E-state index is 0.0162. The Morgan fingerprint density at radius 2 is 2.12 bits per heavy atom. The number of fused-ring (bicyclic) bond motifs is 1. The quantitative estimate of drug-likeness (QED) is 0.558. The Morgan fingerprint density at radius 3 is 2.88 bits per heavy atom.